The van der Waals surface area contributed by atoms with Crippen molar-refractivity contribution in [1.29, 1.82) is 0 Å². The molecular formula is C65H127NO5. The van der Waals surface area contributed by atoms with Gasteiger partial charge >= 0.3 is 5.97 Å². The molecule has 0 aliphatic carbocycles. The van der Waals surface area contributed by atoms with Crippen molar-refractivity contribution in [3.05, 3.63) is 12.2 Å². The Morgan fingerprint density at radius 2 is 0.662 bits per heavy atom. The molecule has 2 atom stereocenters. The van der Waals surface area contributed by atoms with Crippen LogP contribution in [0.1, 0.15) is 367 Å². The second kappa shape index (κ2) is 61.1. The smallest absolute Gasteiger partial charge is 0.305 e. The van der Waals surface area contributed by atoms with Crippen LogP contribution >= 0.6 is 0 Å². The summed E-state index contributed by atoms with van der Waals surface area (Å²) in [6, 6.07) is -0.538. The number of esters is 1. The molecule has 0 aromatic heterocycles. The maximum atomic E-state index is 12.5. The number of ether oxygens (including phenoxy) is 1. The highest BCUT2D eigenvalue weighted by Crippen LogP contribution is 2.18. The number of allylic oxidation sites excluding steroid dienone is 2. The van der Waals surface area contributed by atoms with Gasteiger partial charge in [-0.2, -0.15) is 0 Å². The number of amides is 1. The molecule has 0 spiro atoms. The maximum absolute atomic E-state index is 12.5. The van der Waals surface area contributed by atoms with Crippen molar-refractivity contribution >= 4 is 11.9 Å². The molecule has 2 unspecified atom stereocenters. The standard InChI is InChI=1S/C65H127NO5/c1-3-5-7-9-11-13-15-38-41-45-49-53-57-63(68)62(61-67)66-64(69)58-54-50-46-42-39-35-33-31-29-27-25-23-21-19-17-16-18-20-22-24-26-28-30-32-34-36-40-44-48-52-56-60-71-65(70)59-55-51-47-43-37-14-12-10-8-6-4-2/h18,20,62-63,67-68H,3-17,19,21-61H2,1-2H3,(H,66,69)/b20-18-. The van der Waals surface area contributed by atoms with Gasteiger partial charge in [0.2, 0.25) is 5.91 Å². The lowest BCUT2D eigenvalue weighted by Gasteiger charge is -2.22. The third kappa shape index (κ3) is 57.7. The fraction of sp³-hybridized carbons (Fsp3) is 0.938. The number of aliphatic hydroxyl groups excluding tert-OH is 2. The van der Waals surface area contributed by atoms with Crippen LogP contribution in [0.2, 0.25) is 0 Å². The Morgan fingerprint density at radius 1 is 0.380 bits per heavy atom. The van der Waals surface area contributed by atoms with E-state index in [-0.39, 0.29) is 18.5 Å². The first-order valence-corrected chi connectivity index (χ1v) is 32.4. The highest BCUT2D eigenvalue weighted by Gasteiger charge is 2.20. The van der Waals surface area contributed by atoms with E-state index in [1.807, 2.05) is 0 Å². The molecule has 0 aromatic rings. The van der Waals surface area contributed by atoms with E-state index < -0.39 is 12.1 Å². The minimum absolute atomic E-state index is 0.0179. The number of aliphatic hydroxyl groups is 2. The molecule has 0 bridgehead atoms. The minimum atomic E-state index is -0.661. The van der Waals surface area contributed by atoms with Gasteiger partial charge in [-0.25, -0.2) is 0 Å². The summed E-state index contributed by atoms with van der Waals surface area (Å²) in [6.07, 6.45) is 73.9. The van der Waals surface area contributed by atoms with Crippen LogP contribution in [0.15, 0.2) is 12.2 Å². The normalized spacial score (nSPS) is 12.6. The van der Waals surface area contributed by atoms with Crippen LogP contribution in [0.5, 0.6) is 0 Å². The Hall–Kier alpha value is -1.40. The van der Waals surface area contributed by atoms with Crippen molar-refractivity contribution in [2.24, 2.45) is 0 Å². The predicted molar refractivity (Wildman–Crippen MR) is 310 cm³/mol. The van der Waals surface area contributed by atoms with Crippen molar-refractivity contribution in [3.63, 3.8) is 0 Å². The lowest BCUT2D eigenvalue weighted by atomic mass is 10.0. The minimum Gasteiger partial charge on any atom is -0.466 e. The summed E-state index contributed by atoms with van der Waals surface area (Å²) in [5.41, 5.74) is 0. The topological polar surface area (TPSA) is 95.9 Å². The zero-order valence-electron chi connectivity index (χ0n) is 48.2. The van der Waals surface area contributed by atoms with Crippen LogP contribution in [0, 0.1) is 0 Å². The van der Waals surface area contributed by atoms with Gasteiger partial charge in [0.25, 0.3) is 0 Å². The lowest BCUT2D eigenvalue weighted by molar-refractivity contribution is -0.143. The van der Waals surface area contributed by atoms with Gasteiger partial charge in [0.15, 0.2) is 0 Å². The van der Waals surface area contributed by atoms with Crippen molar-refractivity contribution in [1.82, 2.24) is 5.32 Å². The average molecular weight is 1000 g/mol. The highest BCUT2D eigenvalue weighted by atomic mass is 16.5. The molecule has 0 aliphatic rings. The molecular weight excluding hydrogens is 875 g/mol. The van der Waals surface area contributed by atoms with Gasteiger partial charge in [-0.3, -0.25) is 9.59 Å². The molecule has 6 nitrogen and oxygen atoms in total. The first kappa shape index (κ1) is 69.6. The first-order valence-electron chi connectivity index (χ1n) is 32.4. The van der Waals surface area contributed by atoms with Crippen LogP contribution in [-0.4, -0.2) is 47.4 Å². The van der Waals surface area contributed by atoms with E-state index in [0.29, 0.717) is 25.9 Å². The fourth-order valence-corrected chi connectivity index (χ4v) is 10.3. The number of carbonyl (C=O) groups excluding carboxylic acids is 2. The van der Waals surface area contributed by atoms with Crippen LogP contribution < -0.4 is 5.32 Å². The van der Waals surface area contributed by atoms with Crippen LogP contribution in [0.3, 0.4) is 0 Å². The van der Waals surface area contributed by atoms with E-state index in [4.69, 9.17) is 4.74 Å². The van der Waals surface area contributed by atoms with Gasteiger partial charge in [0.1, 0.15) is 0 Å². The molecule has 0 aromatic carbocycles. The molecule has 422 valence electrons. The van der Waals surface area contributed by atoms with E-state index in [0.717, 1.165) is 38.5 Å². The predicted octanol–water partition coefficient (Wildman–Crippen LogP) is 20.4. The van der Waals surface area contributed by atoms with Crippen LogP contribution in [-0.2, 0) is 14.3 Å². The van der Waals surface area contributed by atoms with Gasteiger partial charge in [-0.1, -0.05) is 315 Å². The summed E-state index contributed by atoms with van der Waals surface area (Å²) in [5, 5.41) is 23.2. The number of hydrogen-bond donors (Lipinski definition) is 3. The molecule has 71 heavy (non-hydrogen) atoms. The first-order chi connectivity index (χ1) is 35.0. The van der Waals surface area contributed by atoms with E-state index in [9.17, 15) is 19.8 Å². The molecule has 0 saturated carbocycles. The summed E-state index contributed by atoms with van der Waals surface area (Å²) >= 11 is 0. The third-order valence-electron chi connectivity index (χ3n) is 15.3. The largest absolute Gasteiger partial charge is 0.466 e. The van der Waals surface area contributed by atoms with E-state index in [2.05, 4.69) is 31.3 Å². The van der Waals surface area contributed by atoms with Gasteiger partial charge in [-0.15, -0.1) is 0 Å². The highest BCUT2D eigenvalue weighted by molar-refractivity contribution is 5.76. The molecule has 0 aliphatic heterocycles. The Morgan fingerprint density at radius 3 is 1.00 bits per heavy atom. The fourth-order valence-electron chi connectivity index (χ4n) is 10.3. The van der Waals surface area contributed by atoms with E-state index >= 15 is 0 Å². The monoisotopic (exact) mass is 1000 g/mol. The van der Waals surface area contributed by atoms with Gasteiger partial charge in [0.05, 0.1) is 25.4 Å². The number of carbonyl (C=O) groups is 2. The molecule has 3 N–H and O–H groups in total. The Kier molecular flexibility index (Phi) is 59.9. The zero-order valence-corrected chi connectivity index (χ0v) is 48.2. The summed E-state index contributed by atoms with van der Waals surface area (Å²) in [7, 11) is 0. The van der Waals surface area contributed by atoms with Gasteiger partial charge in [-0.05, 0) is 51.4 Å². The third-order valence-corrected chi connectivity index (χ3v) is 15.3. The van der Waals surface area contributed by atoms with Crippen molar-refractivity contribution < 1.29 is 24.5 Å². The Labute approximate surface area is 444 Å². The van der Waals surface area contributed by atoms with E-state index in [1.54, 1.807) is 0 Å². The zero-order chi connectivity index (χ0) is 51.4. The van der Waals surface area contributed by atoms with Crippen LogP contribution in [0.4, 0.5) is 0 Å². The van der Waals surface area contributed by atoms with Crippen molar-refractivity contribution in [3.8, 4) is 0 Å². The quantitative estimate of drug-likeness (QED) is 0.0320. The summed E-state index contributed by atoms with van der Waals surface area (Å²) in [5.74, 6) is -0.0136. The maximum Gasteiger partial charge on any atom is 0.305 e. The van der Waals surface area contributed by atoms with Gasteiger partial charge in [0, 0.05) is 12.8 Å². The number of rotatable bonds is 61. The summed E-state index contributed by atoms with van der Waals surface area (Å²) in [4.78, 5) is 24.5. The summed E-state index contributed by atoms with van der Waals surface area (Å²) in [6.45, 7) is 4.97. The Bertz CT molecular complexity index is 1060. The second-order valence-corrected chi connectivity index (χ2v) is 22.5. The summed E-state index contributed by atoms with van der Waals surface area (Å²) < 4.78 is 5.47. The molecule has 0 fully saturated rings. The van der Waals surface area contributed by atoms with E-state index in [1.165, 1.54) is 295 Å². The molecule has 1 amide bonds. The number of hydrogen-bond acceptors (Lipinski definition) is 5. The van der Waals surface area contributed by atoms with Crippen LogP contribution in [0.25, 0.3) is 0 Å². The average Bonchev–Trinajstić information content (AvgIpc) is 3.37. The molecule has 0 saturated heterocycles. The van der Waals surface area contributed by atoms with Crippen molar-refractivity contribution in [2.75, 3.05) is 13.2 Å². The second-order valence-electron chi connectivity index (χ2n) is 22.5. The van der Waals surface area contributed by atoms with Gasteiger partial charge < -0.3 is 20.3 Å². The molecule has 0 radical (unpaired) electrons. The SMILES string of the molecule is CCCCCCCCCCCCCCC(O)C(CO)NC(=O)CCCCCCCCCCCCCCCCC/C=C\CCCCCCCCCCCCCCOC(=O)CCCCCCCCCCCCC. The number of nitrogens with one attached hydrogen (secondary N) is 1. The molecule has 0 rings (SSSR count). The lowest BCUT2D eigenvalue weighted by Crippen LogP contribution is -2.45. The Balaban J connectivity index is 3.34. The van der Waals surface area contributed by atoms with Crippen molar-refractivity contribution in [2.45, 2.75) is 379 Å². The number of unbranched alkanes of at least 4 members (excludes halogenated alkanes) is 48. The molecule has 6 heteroatoms. The molecule has 0 heterocycles.